The maximum absolute atomic E-state index is 15.5. The molecule has 3 aromatic rings. The number of likely N-dealkylation sites (tertiary alicyclic amines) is 1. The van der Waals surface area contributed by atoms with Gasteiger partial charge in [-0.2, -0.15) is 0 Å². The predicted octanol–water partition coefficient (Wildman–Crippen LogP) is 5.85. The molecule has 7 heteroatoms. The number of nitrogens with zero attached hydrogens (tertiary/aromatic N) is 4. The fourth-order valence-electron chi connectivity index (χ4n) is 6.52. The van der Waals surface area contributed by atoms with Gasteiger partial charge in [-0.15, -0.1) is 0 Å². The van der Waals surface area contributed by atoms with Gasteiger partial charge in [-0.05, 0) is 61.9 Å². The average Bonchev–Trinajstić information content (AvgIpc) is 3.03. The Kier molecular flexibility index (Phi) is 9.90. The molecule has 2 aliphatic rings. The van der Waals surface area contributed by atoms with Crippen LogP contribution in [0, 0.1) is 5.82 Å². The number of halogens is 1. The Morgan fingerprint density at radius 1 is 0.857 bits per heavy atom. The molecule has 3 aromatic carbocycles. The summed E-state index contributed by atoms with van der Waals surface area (Å²) in [7, 11) is 0. The number of rotatable bonds is 9. The van der Waals surface area contributed by atoms with E-state index in [0.717, 1.165) is 31.4 Å². The number of anilines is 1. The van der Waals surface area contributed by atoms with Gasteiger partial charge in [0.1, 0.15) is 11.9 Å². The van der Waals surface area contributed by atoms with Crippen molar-refractivity contribution in [2.24, 2.45) is 0 Å². The van der Waals surface area contributed by atoms with Crippen molar-refractivity contribution in [2.45, 2.75) is 51.6 Å². The zero-order valence-corrected chi connectivity index (χ0v) is 24.9. The lowest BCUT2D eigenvalue weighted by molar-refractivity contribution is -0.137. The molecule has 0 aliphatic carbocycles. The summed E-state index contributed by atoms with van der Waals surface area (Å²) in [5.41, 5.74) is 3.41. The van der Waals surface area contributed by atoms with E-state index in [0.29, 0.717) is 50.5 Å². The van der Waals surface area contributed by atoms with Gasteiger partial charge < -0.3 is 14.7 Å². The standard InChI is InChI=1S/C35H43FN4O2/c1-3-37(4-2)35(42)34(29-15-9-6-10-16-29)39-23-21-38(22-24-39)32-19-18-27(25-30(32)36)26-33(41)40-20-12-11-17-31(40)28-13-7-5-8-14-28/h5-10,13-16,18-19,25,31,34H,3-4,11-12,17,20-24,26H2,1-2H3. The van der Waals surface area contributed by atoms with Gasteiger partial charge >= 0.3 is 0 Å². The monoisotopic (exact) mass is 570 g/mol. The summed E-state index contributed by atoms with van der Waals surface area (Å²) in [5.74, 6) is -0.136. The van der Waals surface area contributed by atoms with Crippen LogP contribution in [-0.2, 0) is 16.0 Å². The van der Waals surface area contributed by atoms with E-state index in [4.69, 9.17) is 0 Å². The molecule has 0 radical (unpaired) electrons. The molecule has 42 heavy (non-hydrogen) atoms. The first kappa shape index (κ1) is 29.8. The summed E-state index contributed by atoms with van der Waals surface area (Å²) >= 11 is 0. The number of hydrogen-bond acceptors (Lipinski definition) is 4. The zero-order valence-electron chi connectivity index (χ0n) is 24.9. The molecule has 0 spiro atoms. The summed E-state index contributed by atoms with van der Waals surface area (Å²) in [5, 5.41) is 0. The lowest BCUT2D eigenvalue weighted by Gasteiger charge is -2.41. The number of carbonyl (C=O) groups excluding carboxylic acids is 2. The van der Waals surface area contributed by atoms with Crippen LogP contribution in [0.1, 0.15) is 61.9 Å². The largest absolute Gasteiger partial charge is 0.367 e. The van der Waals surface area contributed by atoms with Crippen LogP contribution in [0.4, 0.5) is 10.1 Å². The van der Waals surface area contributed by atoms with Gasteiger partial charge in [0.25, 0.3) is 0 Å². The number of amides is 2. The Bertz CT molecular complexity index is 1320. The van der Waals surface area contributed by atoms with Crippen LogP contribution in [-0.4, -0.2) is 72.3 Å². The fraction of sp³-hybridized carbons (Fsp3) is 0.429. The minimum absolute atomic E-state index is 0.0501. The van der Waals surface area contributed by atoms with Crippen LogP contribution >= 0.6 is 0 Å². The normalized spacial score (nSPS) is 18.5. The smallest absolute Gasteiger partial charge is 0.244 e. The highest BCUT2D eigenvalue weighted by Gasteiger charge is 2.33. The summed E-state index contributed by atoms with van der Waals surface area (Å²) in [6, 6.07) is 25.1. The number of hydrogen-bond donors (Lipinski definition) is 0. The van der Waals surface area contributed by atoms with Crippen molar-refractivity contribution in [1.82, 2.24) is 14.7 Å². The molecular weight excluding hydrogens is 527 g/mol. The van der Waals surface area contributed by atoms with Gasteiger partial charge in [0.15, 0.2) is 0 Å². The highest BCUT2D eigenvalue weighted by atomic mass is 19.1. The van der Waals surface area contributed by atoms with Crippen molar-refractivity contribution < 1.29 is 14.0 Å². The number of piperazine rings is 1. The van der Waals surface area contributed by atoms with Gasteiger partial charge in [-0.25, -0.2) is 4.39 Å². The Morgan fingerprint density at radius 3 is 2.17 bits per heavy atom. The average molecular weight is 571 g/mol. The molecule has 6 nitrogen and oxygen atoms in total. The molecule has 2 fully saturated rings. The highest BCUT2D eigenvalue weighted by molar-refractivity contribution is 5.83. The maximum Gasteiger partial charge on any atom is 0.244 e. The van der Waals surface area contributed by atoms with Gasteiger partial charge in [-0.1, -0.05) is 66.7 Å². The summed E-state index contributed by atoms with van der Waals surface area (Å²) in [4.78, 5) is 35.0. The van der Waals surface area contributed by atoms with Gasteiger partial charge in [-0.3, -0.25) is 14.5 Å². The first-order chi connectivity index (χ1) is 20.5. The number of piperidine rings is 1. The van der Waals surface area contributed by atoms with E-state index in [1.807, 2.05) is 84.3 Å². The third kappa shape index (κ3) is 6.67. The van der Waals surface area contributed by atoms with Gasteiger partial charge in [0.2, 0.25) is 11.8 Å². The van der Waals surface area contributed by atoms with Crippen molar-refractivity contribution in [1.29, 1.82) is 0 Å². The summed E-state index contributed by atoms with van der Waals surface area (Å²) in [6.45, 7) is 8.65. The van der Waals surface area contributed by atoms with E-state index in [1.54, 1.807) is 0 Å². The molecule has 2 saturated heterocycles. The topological polar surface area (TPSA) is 47.1 Å². The Balaban J connectivity index is 1.24. The molecule has 2 unspecified atom stereocenters. The van der Waals surface area contributed by atoms with Crippen LogP contribution in [0.3, 0.4) is 0 Å². The third-order valence-corrected chi connectivity index (χ3v) is 8.82. The van der Waals surface area contributed by atoms with Crippen molar-refractivity contribution in [2.75, 3.05) is 50.7 Å². The highest BCUT2D eigenvalue weighted by Crippen LogP contribution is 2.32. The van der Waals surface area contributed by atoms with Crippen LogP contribution in [0.5, 0.6) is 0 Å². The van der Waals surface area contributed by atoms with E-state index >= 15 is 4.39 Å². The van der Waals surface area contributed by atoms with E-state index in [9.17, 15) is 9.59 Å². The number of carbonyl (C=O) groups is 2. The minimum Gasteiger partial charge on any atom is -0.367 e. The van der Waals surface area contributed by atoms with Gasteiger partial charge in [0.05, 0.1) is 18.2 Å². The van der Waals surface area contributed by atoms with Crippen molar-refractivity contribution >= 4 is 17.5 Å². The molecule has 0 aromatic heterocycles. The molecule has 2 aliphatic heterocycles. The molecule has 5 rings (SSSR count). The SMILES string of the molecule is CCN(CC)C(=O)C(c1ccccc1)N1CCN(c2ccc(CC(=O)N3CCCCC3c3ccccc3)cc2F)CC1. The Hall–Kier alpha value is -3.71. The quantitative estimate of drug-likeness (QED) is 0.324. The number of benzene rings is 3. The molecule has 222 valence electrons. The number of likely N-dealkylation sites (N-methyl/N-ethyl adjacent to an activating group) is 1. The Labute approximate surface area is 249 Å². The van der Waals surface area contributed by atoms with Crippen LogP contribution < -0.4 is 4.90 Å². The first-order valence-corrected chi connectivity index (χ1v) is 15.5. The van der Waals surface area contributed by atoms with Crippen molar-refractivity contribution in [3.63, 3.8) is 0 Å². The summed E-state index contributed by atoms with van der Waals surface area (Å²) < 4.78 is 15.5. The molecule has 0 bridgehead atoms. The fourth-order valence-corrected chi connectivity index (χ4v) is 6.52. The first-order valence-electron chi connectivity index (χ1n) is 15.5. The molecule has 2 heterocycles. The Morgan fingerprint density at radius 2 is 1.52 bits per heavy atom. The molecule has 2 amide bonds. The van der Waals surface area contributed by atoms with Crippen LogP contribution in [0.2, 0.25) is 0 Å². The maximum atomic E-state index is 15.5. The predicted molar refractivity (Wildman–Crippen MR) is 166 cm³/mol. The lowest BCUT2D eigenvalue weighted by atomic mass is 9.94. The van der Waals surface area contributed by atoms with E-state index in [1.165, 1.54) is 11.6 Å². The lowest BCUT2D eigenvalue weighted by Crippen LogP contribution is -2.52. The van der Waals surface area contributed by atoms with E-state index < -0.39 is 0 Å². The molecule has 0 saturated carbocycles. The van der Waals surface area contributed by atoms with Crippen LogP contribution in [0.25, 0.3) is 0 Å². The minimum atomic E-state index is -0.346. The van der Waals surface area contributed by atoms with Crippen molar-refractivity contribution in [3.05, 3.63) is 101 Å². The third-order valence-electron chi connectivity index (χ3n) is 8.82. The van der Waals surface area contributed by atoms with Crippen molar-refractivity contribution in [3.8, 4) is 0 Å². The second kappa shape index (κ2) is 14.0. The van der Waals surface area contributed by atoms with E-state index in [-0.39, 0.29) is 36.1 Å². The van der Waals surface area contributed by atoms with Gasteiger partial charge in [0, 0.05) is 45.8 Å². The molecule has 0 N–H and O–H groups in total. The molecule has 2 atom stereocenters. The second-order valence-corrected chi connectivity index (χ2v) is 11.3. The van der Waals surface area contributed by atoms with Crippen LogP contribution in [0.15, 0.2) is 78.9 Å². The second-order valence-electron chi connectivity index (χ2n) is 11.3. The molecular formula is C35H43FN4O2. The summed E-state index contributed by atoms with van der Waals surface area (Å²) in [6.07, 6.45) is 3.26. The zero-order chi connectivity index (χ0) is 29.5. The van der Waals surface area contributed by atoms with E-state index in [2.05, 4.69) is 21.9 Å².